The van der Waals surface area contributed by atoms with Gasteiger partial charge in [0.2, 0.25) is 5.91 Å². The van der Waals surface area contributed by atoms with Gasteiger partial charge < -0.3 is 5.32 Å². The summed E-state index contributed by atoms with van der Waals surface area (Å²) in [5.74, 6) is -2.37. The first-order valence-electron chi connectivity index (χ1n) is 8.73. The fraction of sp³-hybridized carbons (Fsp3) is 0.444. The normalized spacial score (nSPS) is 23.1. The number of rotatable bonds is 4. The summed E-state index contributed by atoms with van der Waals surface area (Å²) in [5.41, 5.74) is 0.261. The molecule has 3 rings (SSSR count). The van der Waals surface area contributed by atoms with Crippen LogP contribution in [0.15, 0.2) is 18.2 Å². The molecule has 5 amide bonds. The monoisotopic (exact) mass is 411 g/mol. The molecule has 0 aromatic heterocycles. The third-order valence-electron chi connectivity index (χ3n) is 4.99. The van der Waals surface area contributed by atoms with E-state index in [0.717, 1.165) is 24.2 Å². The molecule has 2 aliphatic rings. The van der Waals surface area contributed by atoms with Crippen LogP contribution in [0.3, 0.4) is 0 Å². The number of nitrogens with zero attached hydrogens (tertiary/aromatic N) is 2. The minimum atomic E-state index is -0.981. The maximum Gasteiger partial charge on any atom is 0.334 e. The van der Waals surface area contributed by atoms with Gasteiger partial charge in [0.05, 0.1) is 10.7 Å². The molecule has 0 radical (unpaired) electrons. The summed E-state index contributed by atoms with van der Waals surface area (Å²) in [6.07, 6.45) is 3.50. The highest BCUT2D eigenvalue weighted by Gasteiger charge is 2.49. The number of urea groups is 1. The van der Waals surface area contributed by atoms with Gasteiger partial charge in [0.15, 0.2) is 0 Å². The van der Waals surface area contributed by atoms with Crippen LogP contribution < -0.4 is 5.32 Å². The van der Waals surface area contributed by atoms with Crippen LogP contribution in [0.2, 0.25) is 10.0 Å². The van der Waals surface area contributed by atoms with Crippen molar-refractivity contribution < 1.29 is 19.2 Å². The number of carbonyl (C=O) groups excluding carboxylic acids is 4. The maximum atomic E-state index is 12.7. The fourth-order valence-electron chi connectivity index (χ4n) is 3.56. The lowest BCUT2D eigenvalue weighted by molar-refractivity contribution is -0.145. The zero-order valence-corrected chi connectivity index (χ0v) is 16.2. The van der Waals surface area contributed by atoms with Crippen LogP contribution in [-0.4, -0.2) is 46.1 Å². The maximum absolute atomic E-state index is 12.7. The van der Waals surface area contributed by atoms with Crippen molar-refractivity contribution in [3.63, 3.8) is 0 Å². The number of hydrogen-bond acceptors (Lipinski definition) is 4. The number of halogens is 2. The quantitative estimate of drug-likeness (QED) is 0.607. The second-order valence-corrected chi connectivity index (χ2v) is 7.69. The standard InChI is InChI=1S/C18H19Cl2N3O4/c1-10-4-2-3-5-14(10)23-17(26)16(25)22(18(23)27)9-15(24)21-13-8-11(19)6-7-12(13)20/h6-8,10,14H,2-5,9H2,1H3,(H,21,24)/t10-,14+/m1/s1. The van der Waals surface area contributed by atoms with Gasteiger partial charge >= 0.3 is 17.8 Å². The van der Waals surface area contributed by atoms with Crippen LogP contribution in [0.4, 0.5) is 10.5 Å². The van der Waals surface area contributed by atoms with Gasteiger partial charge in [-0.3, -0.25) is 19.3 Å². The van der Waals surface area contributed by atoms with Gasteiger partial charge in [0, 0.05) is 11.1 Å². The molecule has 1 heterocycles. The molecular weight excluding hydrogens is 393 g/mol. The summed E-state index contributed by atoms with van der Waals surface area (Å²) >= 11 is 11.9. The predicted octanol–water partition coefficient (Wildman–Crippen LogP) is 3.30. The Morgan fingerprint density at radius 3 is 2.56 bits per heavy atom. The molecule has 7 nitrogen and oxygen atoms in total. The van der Waals surface area contributed by atoms with Crippen molar-refractivity contribution in [1.29, 1.82) is 0 Å². The van der Waals surface area contributed by atoms with E-state index in [0.29, 0.717) is 16.3 Å². The number of benzene rings is 1. The molecule has 0 unspecified atom stereocenters. The first kappa shape index (κ1) is 19.6. The highest BCUT2D eigenvalue weighted by atomic mass is 35.5. The summed E-state index contributed by atoms with van der Waals surface area (Å²) in [7, 11) is 0. The fourth-order valence-corrected chi connectivity index (χ4v) is 3.90. The van der Waals surface area contributed by atoms with Crippen LogP contribution in [0.5, 0.6) is 0 Å². The molecule has 0 bridgehead atoms. The van der Waals surface area contributed by atoms with Crippen LogP contribution in [-0.2, 0) is 14.4 Å². The van der Waals surface area contributed by atoms with Crippen LogP contribution in [0.1, 0.15) is 32.6 Å². The molecule has 0 spiro atoms. The number of imide groups is 2. The van der Waals surface area contributed by atoms with E-state index in [1.807, 2.05) is 6.92 Å². The van der Waals surface area contributed by atoms with Crippen LogP contribution >= 0.6 is 23.2 Å². The topological polar surface area (TPSA) is 86.8 Å². The lowest BCUT2D eigenvalue weighted by atomic mass is 9.85. The molecule has 1 saturated heterocycles. The Bertz CT molecular complexity index is 814. The molecule has 1 aliphatic heterocycles. The Labute approximate surface area is 166 Å². The predicted molar refractivity (Wildman–Crippen MR) is 100 cm³/mol. The molecule has 1 aromatic rings. The van der Waals surface area contributed by atoms with E-state index in [1.54, 1.807) is 6.07 Å². The second-order valence-electron chi connectivity index (χ2n) is 6.85. The lowest BCUT2D eigenvalue weighted by Crippen LogP contribution is -2.46. The van der Waals surface area contributed by atoms with Crippen molar-refractivity contribution in [2.24, 2.45) is 5.92 Å². The highest BCUT2D eigenvalue weighted by molar-refractivity contribution is 6.45. The van der Waals surface area contributed by atoms with Crippen LogP contribution in [0, 0.1) is 5.92 Å². The van der Waals surface area contributed by atoms with Gasteiger partial charge in [-0.25, -0.2) is 9.69 Å². The largest absolute Gasteiger partial charge is 0.334 e. The van der Waals surface area contributed by atoms with Crippen LogP contribution in [0.25, 0.3) is 0 Å². The number of amides is 5. The number of anilines is 1. The minimum Gasteiger partial charge on any atom is -0.323 e. The minimum absolute atomic E-state index is 0.124. The van der Waals surface area contributed by atoms with Crippen molar-refractivity contribution in [3.8, 4) is 0 Å². The van der Waals surface area contributed by atoms with Gasteiger partial charge in [-0.2, -0.15) is 0 Å². The molecular formula is C18H19Cl2N3O4. The van der Waals surface area contributed by atoms with Crippen molar-refractivity contribution in [1.82, 2.24) is 9.80 Å². The zero-order valence-electron chi connectivity index (χ0n) is 14.7. The Hall–Kier alpha value is -2.12. The molecule has 9 heteroatoms. The molecule has 1 aliphatic carbocycles. The summed E-state index contributed by atoms with van der Waals surface area (Å²) in [6, 6.07) is 3.49. The number of hydrogen-bond donors (Lipinski definition) is 1. The summed E-state index contributed by atoms with van der Waals surface area (Å²) in [5, 5.41) is 3.14. The van der Waals surface area contributed by atoms with Crippen molar-refractivity contribution in [2.75, 3.05) is 11.9 Å². The van der Waals surface area contributed by atoms with E-state index in [1.165, 1.54) is 12.1 Å². The summed E-state index contributed by atoms with van der Waals surface area (Å²) < 4.78 is 0. The zero-order chi connectivity index (χ0) is 19.7. The van der Waals surface area contributed by atoms with Gasteiger partial charge in [-0.15, -0.1) is 0 Å². The van der Waals surface area contributed by atoms with Gasteiger partial charge in [0.25, 0.3) is 0 Å². The average molecular weight is 412 g/mol. The molecule has 27 heavy (non-hydrogen) atoms. The smallest absolute Gasteiger partial charge is 0.323 e. The first-order chi connectivity index (χ1) is 12.8. The Morgan fingerprint density at radius 1 is 1.15 bits per heavy atom. The van der Waals surface area contributed by atoms with E-state index in [9.17, 15) is 19.2 Å². The summed E-state index contributed by atoms with van der Waals surface area (Å²) in [6.45, 7) is 1.40. The average Bonchev–Trinajstić information content (AvgIpc) is 2.82. The third kappa shape index (κ3) is 3.94. The van der Waals surface area contributed by atoms with E-state index in [2.05, 4.69) is 5.32 Å². The van der Waals surface area contributed by atoms with E-state index in [-0.39, 0.29) is 22.7 Å². The van der Waals surface area contributed by atoms with Crippen molar-refractivity contribution in [3.05, 3.63) is 28.2 Å². The molecule has 2 atom stereocenters. The number of nitrogens with one attached hydrogen (secondary N) is 1. The molecule has 144 valence electrons. The van der Waals surface area contributed by atoms with Gasteiger partial charge in [-0.05, 0) is 37.0 Å². The lowest BCUT2D eigenvalue weighted by Gasteiger charge is -2.34. The SMILES string of the molecule is C[C@@H]1CCCC[C@@H]1N1C(=O)C(=O)N(CC(=O)Nc2cc(Cl)ccc2Cl)C1=O. The van der Waals surface area contributed by atoms with Gasteiger partial charge in [0.1, 0.15) is 6.54 Å². The Balaban J connectivity index is 1.72. The Morgan fingerprint density at radius 2 is 1.85 bits per heavy atom. The summed E-state index contributed by atoms with van der Waals surface area (Å²) in [4.78, 5) is 51.3. The van der Waals surface area contributed by atoms with E-state index >= 15 is 0 Å². The molecule has 2 fully saturated rings. The van der Waals surface area contributed by atoms with Crippen molar-refractivity contribution >= 4 is 52.6 Å². The van der Waals surface area contributed by atoms with Gasteiger partial charge in [-0.1, -0.05) is 43.0 Å². The van der Waals surface area contributed by atoms with Crippen molar-refractivity contribution in [2.45, 2.75) is 38.6 Å². The molecule has 1 N–H and O–H groups in total. The molecule has 1 saturated carbocycles. The third-order valence-corrected chi connectivity index (χ3v) is 5.55. The second kappa shape index (κ2) is 7.86. The Kier molecular flexibility index (Phi) is 5.72. The number of carbonyl (C=O) groups is 4. The molecule has 1 aromatic carbocycles. The van der Waals surface area contributed by atoms with E-state index in [4.69, 9.17) is 23.2 Å². The first-order valence-corrected chi connectivity index (χ1v) is 9.49. The van der Waals surface area contributed by atoms with E-state index < -0.39 is 30.3 Å². The highest BCUT2D eigenvalue weighted by Crippen LogP contribution is 2.31.